The Morgan fingerprint density at radius 3 is 2.95 bits per heavy atom. The Morgan fingerprint density at radius 2 is 2.32 bits per heavy atom. The van der Waals surface area contributed by atoms with Crippen molar-refractivity contribution in [2.75, 3.05) is 26.7 Å². The second-order valence-electron chi connectivity index (χ2n) is 4.16. The number of rotatable bonds is 5. The summed E-state index contributed by atoms with van der Waals surface area (Å²) in [5, 5.41) is 4.95. The molecule has 0 aromatic rings. The second kappa shape index (κ2) is 7.40. The van der Waals surface area contributed by atoms with E-state index < -0.39 is 12.1 Å². The van der Waals surface area contributed by atoms with Crippen LogP contribution < -0.4 is 10.6 Å². The lowest BCUT2D eigenvalue weighted by molar-refractivity contribution is -0.139. The summed E-state index contributed by atoms with van der Waals surface area (Å²) >= 11 is 0. The minimum atomic E-state index is -0.653. The molecule has 2 N–H and O–H groups in total. The first-order valence-corrected chi connectivity index (χ1v) is 6.12. The number of piperidine rings is 1. The number of likely N-dealkylation sites (tertiary alicyclic amines) is 1. The molecule has 19 heavy (non-hydrogen) atoms. The van der Waals surface area contributed by atoms with Crippen molar-refractivity contribution < 1.29 is 19.1 Å². The first-order chi connectivity index (χ1) is 9.08. The minimum Gasteiger partial charge on any atom is -0.445 e. The minimum absolute atomic E-state index is 0.00915. The SMILES string of the molecule is C=CCOC(=O)NC1CCCN(CC(=O)NC)C1=O. The average Bonchev–Trinajstić information content (AvgIpc) is 2.40. The van der Waals surface area contributed by atoms with Gasteiger partial charge in [0.05, 0.1) is 6.54 Å². The lowest BCUT2D eigenvalue weighted by atomic mass is 10.1. The van der Waals surface area contributed by atoms with Crippen molar-refractivity contribution in [1.82, 2.24) is 15.5 Å². The number of ether oxygens (including phenoxy) is 1. The molecule has 0 radical (unpaired) electrons. The zero-order chi connectivity index (χ0) is 14.3. The second-order valence-corrected chi connectivity index (χ2v) is 4.16. The maximum Gasteiger partial charge on any atom is 0.408 e. The number of carbonyl (C=O) groups excluding carboxylic acids is 3. The third-order valence-electron chi connectivity index (χ3n) is 2.77. The highest BCUT2D eigenvalue weighted by Crippen LogP contribution is 2.11. The van der Waals surface area contributed by atoms with Crippen LogP contribution in [-0.2, 0) is 14.3 Å². The van der Waals surface area contributed by atoms with Crippen LogP contribution in [0.1, 0.15) is 12.8 Å². The molecule has 1 heterocycles. The fraction of sp³-hybridized carbons (Fsp3) is 0.583. The first kappa shape index (κ1) is 15.0. The van der Waals surface area contributed by atoms with Crippen LogP contribution in [-0.4, -0.2) is 55.6 Å². The zero-order valence-electron chi connectivity index (χ0n) is 11.0. The maximum atomic E-state index is 12.0. The summed E-state index contributed by atoms with van der Waals surface area (Å²) in [4.78, 5) is 36.1. The van der Waals surface area contributed by atoms with Gasteiger partial charge in [-0.05, 0) is 12.8 Å². The number of hydrogen-bond donors (Lipinski definition) is 2. The van der Waals surface area contributed by atoms with Crippen molar-refractivity contribution >= 4 is 17.9 Å². The van der Waals surface area contributed by atoms with E-state index in [1.165, 1.54) is 18.0 Å². The summed E-state index contributed by atoms with van der Waals surface area (Å²) in [7, 11) is 1.51. The lowest BCUT2D eigenvalue weighted by Gasteiger charge is -2.31. The predicted molar refractivity (Wildman–Crippen MR) is 68.3 cm³/mol. The van der Waals surface area contributed by atoms with E-state index in [9.17, 15) is 14.4 Å². The molecule has 7 heteroatoms. The number of alkyl carbamates (subject to hydrolysis) is 1. The summed E-state index contributed by atoms with van der Waals surface area (Å²) in [5.74, 6) is -0.492. The molecule has 7 nitrogen and oxygen atoms in total. The molecule has 0 aliphatic carbocycles. The van der Waals surface area contributed by atoms with E-state index >= 15 is 0 Å². The van der Waals surface area contributed by atoms with Gasteiger partial charge in [-0.3, -0.25) is 9.59 Å². The van der Waals surface area contributed by atoms with Gasteiger partial charge in [0.2, 0.25) is 11.8 Å². The molecular weight excluding hydrogens is 250 g/mol. The lowest BCUT2D eigenvalue weighted by Crippen LogP contribution is -2.54. The molecule has 0 spiro atoms. The van der Waals surface area contributed by atoms with Crippen LogP contribution in [0.2, 0.25) is 0 Å². The van der Waals surface area contributed by atoms with E-state index in [1.807, 2.05) is 0 Å². The number of carbonyl (C=O) groups is 3. The standard InChI is InChI=1S/C12H19N3O4/c1-3-7-19-12(18)14-9-5-4-6-15(11(9)17)8-10(16)13-2/h3,9H,1,4-8H2,2H3,(H,13,16)(H,14,18). The van der Waals surface area contributed by atoms with Gasteiger partial charge < -0.3 is 20.3 Å². The van der Waals surface area contributed by atoms with E-state index in [4.69, 9.17) is 4.74 Å². The summed E-state index contributed by atoms with van der Waals surface area (Å²) in [6.45, 7) is 4.05. The van der Waals surface area contributed by atoms with Gasteiger partial charge >= 0.3 is 6.09 Å². The van der Waals surface area contributed by atoms with Crippen molar-refractivity contribution in [3.05, 3.63) is 12.7 Å². The largest absolute Gasteiger partial charge is 0.445 e. The molecule has 106 valence electrons. The Bertz CT molecular complexity index is 370. The molecule has 1 rings (SSSR count). The third-order valence-corrected chi connectivity index (χ3v) is 2.77. The van der Waals surface area contributed by atoms with Crippen molar-refractivity contribution in [3.63, 3.8) is 0 Å². The predicted octanol–water partition coefficient (Wildman–Crippen LogP) is -0.364. The molecule has 1 atom stereocenters. The Hall–Kier alpha value is -2.05. The Kier molecular flexibility index (Phi) is 5.84. The monoisotopic (exact) mass is 269 g/mol. The van der Waals surface area contributed by atoms with Gasteiger partial charge in [0.1, 0.15) is 12.6 Å². The highest BCUT2D eigenvalue weighted by molar-refractivity contribution is 5.89. The van der Waals surface area contributed by atoms with Gasteiger partial charge in [0.15, 0.2) is 0 Å². The first-order valence-electron chi connectivity index (χ1n) is 6.12. The van der Waals surface area contributed by atoms with Crippen LogP contribution in [0, 0.1) is 0 Å². The third kappa shape index (κ3) is 4.61. The highest BCUT2D eigenvalue weighted by atomic mass is 16.5. The molecule has 3 amide bonds. The van der Waals surface area contributed by atoms with E-state index in [-0.39, 0.29) is 25.0 Å². The molecule has 0 saturated carbocycles. The molecule has 1 aliphatic heterocycles. The average molecular weight is 269 g/mol. The van der Waals surface area contributed by atoms with Gasteiger partial charge in [-0.2, -0.15) is 0 Å². The number of hydrogen-bond acceptors (Lipinski definition) is 4. The topological polar surface area (TPSA) is 87.7 Å². The fourth-order valence-corrected chi connectivity index (χ4v) is 1.80. The molecule has 0 aromatic carbocycles. The van der Waals surface area contributed by atoms with Crippen LogP contribution in [0.25, 0.3) is 0 Å². The van der Waals surface area contributed by atoms with Gasteiger partial charge in [-0.1, -0.05) is 12.7 Å². The fourth-order valence-electron chi connectivity index (χ4n) is 1.80. The summed E-state index contributed by atoms with van der Waals surface area (Å²) in [6.07, 6.45) is 2.07. The number of nitrogens with zero attached hydrogens (tertiary/aromatic N) is 1. The molecule has 0 aromatic heterocycles. The van der Waals surface area contributed by atoms with Gasteiger partial charge in [-0.15, -0.1) is 0 Å². The highest BCUT2D eigenvalue weighted by Gasteiger charge is 2.31. The number of amides is 3. The van der Waals surface area contributed by atoms with Crippen molar-refractivity contribution in [2.45, 2.75) is 18.9 Å². The molecule has 1 saturated heterocycles. The number of likely N-dealkylation sites (N-methyl/N-ethyl adjacent to an activating group) is 1. The molecule has 0 bridgehead atoms. The quantitative estimate of drug-likeness (QED) is 0.667. The van der Waals surface area contributed by atoms with Gasteiger partial charge in [0.25, 0.3) is 0 Å². The summed E-state index contributed by atoms with van der Waals surface area (Å²) in [5.41, 5.74) is 0. The van der Waals surface area contributed by atoms with E-state index in [1.54, 1.807) is 0 Å². The van der Waals surface area contributed by atoms with E-state index in [0.717, 1.165) is 6.42 Å². The van der Waals surface area contributed by atoms with Crippen LogP contribution in [0.5, 0.6) is 0 Å². The van der Waals surface area contributed by atoms with Crippen molar-refractivity contribution in [3.8, 4) is 0 Å². The summed E-state index contributed by atoms with van der Waals surface area (Å²) < 4.78 is 4.76. The normalized spacial score (nSPS) is 18.7. The molecule has 1 fully saturated rings. The van der Waals surface area contributed by atoms with Crippen LogP contribution in [0.4, 0.5) is 4.79 Å². The van der Waals surface area contributed by atoms with Crippen LogP contribution >= 0.6 is 0 Å². The molecule has 1 aliphatic rings. The van der Waals surface area contributed by atoms with Crippen molar-refractivity contribution in [2.24, 2.45) is 0 Å². The smallest absolute Gasteiger partial charge is 0.408 e. The van der Waals surface area contributed by atoms with Gasteiger partial charge in [-0.25, -0.2) is 4.79 Å². The maximum absolute atomic E-state index is 12.0. The number of nitrogens with one attached hydrogen (secondary N) is 2. The zero-order valence-corrected chi connectivity index (χ0v) is 11.0. The van der Waals surface area contributed by atoms with Crippen LogP contribution in [0.3, 0.4) is 0 Å². The van der Waals surface area contributed by atoms with Crippen LogP contribution in [0.15, 0.2) is 12.7 Å². The molecule has 1 unspecified atom stereocenters. The van der Waals surface area contributed by atoms with Crippen molar-refractivity contribution in [1.29, 1.82) is 0 Å². The van der Waals surface area contributed by atoms with E-state index in [0.29, 0.717) is 13.0 Å². The Labute approximate surface area is 112 Å². The Morgan fingerprint density at radius 1 is 1.58 bits per heavy atom. The molecular formula is C12H19N3O4. The Balaban J connectivity index is 2.50. The van der Waals surface area contributed by atoms with E-state index in [2.05, 4.69) is 17.2 Å². The summed E-state index contributed by atoms with van der Waals surface area (Å²) in [6, 6.07) is -0.629. The van der Waals surface area contributed by atoms with Gasteiger partial charge in [0, 0.05) is 13.6 Å².